The highest BCUT2D eigenvalue weighted by atomic mass is 32.2. The molecule has 1 amide bonds. The van der Waals surface area contributed by atoms with E-state index in [0.29, 0.717) is 30.0 Å². The van der Waals surface area contributed by atoms with Gasteiger partial charge in [0.15, 0.2) is 0 Å². The lowest BCUT2D eigenvalue weighted by atomic mass is 10.1. The van der Waals surface area contributed by atoms with Crippen LogP contribution in [0.1, 0.15) is 21.5 Å². The van der Waals surface area contributed by atoms with Crippen molar-refractivity contribution in [2.75, 3.05) is 25.0 Å². The first kappa shape index (κ1) is 19.0. The summed E-state index contributed by atoms with van der Waals surface area (Å²) in [4.78, 5) is 12.3. The first-order valence-corrected chi connectivity index (χ1v) is 9.29. The Morgan fingerprint density at radius 3 is 2.48 bits per heavy atom. The molecule has 25 heavy (non-hydrogen) atoms. The van der Waals surface area contributed by atoms with Crippen molar-refractivity contribution in [2.24, 2.45) is 0 Å². The number of benzene rings is 2. The number of para-hydroxylation sites is 1. The third-order valence-corrected chi connectivity index (χ3v) is 5.11. The second-order valence-corrected chi connectivity index (χ2v) is 7.33. The molecule has 0 spiro atoms. The van der Waals surface area contributed by atoms with Crippen LogP contribution in [0.15, 0.2) is 47.4 Å². The molecule has 0 aliphatic heterocycles. The van der Waals surface area contributed by atoms with Crippen molar-refractivity contribution in [2.45, 2.75) is 18.7 Å². The Morgan fingerprint density at radius 1 is 1.08 bits per heavy atom. The molecule has 0 aliphatic carbocycles. The van der Waals surface area contributed by atoms with Crippen molar-refractivity contribution in [1.82, 2.24) is 5.32 Å². The van der Waals surface area contributed by atoms with Crippen molar-refractivity contribution < 1.29 is 17.9 Å². The lowest BCUT2D eigenvalue weighted by Crippen LogP contribution is -2.28. The van der Waals surface area contributed by atoms with Gasteiger partial charge in [0.25, 0.3) is 15.9 Å². The van der Waals surface area contributed by atoms with Crippen LogP contribution in [0, 0.1) is 13.8 Å². The van der Waals surface area contributed by atoms with Gasteiger partial charge in [0.2, 0.25) is 0 Å². The van der Waals surface area contributed by atoms with E-state index in [1.54, 1.807) is 32.2 Å². The molecule has 0 atom stereocenters. The Morgan fingerprint density at radius 2 is 1.80 bits per heavy atom. The van der Waals surface area contributed by atoms with E-state index in [0.717, 1.165) is 5.56 Å². The Bertz CT molecular complexity index is 863. The number of carbonyl (C=O) groups is 1. The lowest BCUT2D eigenvalue weighted by molar-refractivity contribution is 0.0936. The van der Waals surface area contributed by atoms with Crippen molar-refractivity contribution >= 4 is 21.6 Å². The van der Waals surface area contributed by atoms with Crippen LogP contribution in [-0.2, 0) is 14.8 Å². The van der Waals surface area contributed by atoms with E-state index in [-0.39, 0.29) is 10.8 Å². The molecule has 0 saturated carbocycles. The molecule has 0 saturated heterocycles. The second kappa shape index (κ2) is 8.13. The lowest BCUT2D eigenvalue weighted by Gasteiger charge is -2.13. The van der Waals surface area contributed by atoms with E-state index >= 15 is 0 Å². The largest absolute Gasteiger partial charge is 0.383 e. The number of rotatable bonds is 7. The normalized spacial score (nSPS) is 11.2. The maximum absolute atomic E-state index is 12.6. The molecule has 0 bridgehead atoms. The fourth-order valence-corrected chi connectivity index (χ4v) is 3.42. The standard InChI is InChI=1S/C18H22N2O4S/c1-13-8-9-15(12-16(13)18(21)19-10-11-24-3)25(22,23)20-17-7-5-4-6-14(17)2/h4-9,12,20H,10-11H2,1-3H3,(H,19,21). The number of aryl methyl sites for hydroxylation is 2. The zero-order valence-corrected chi connectivity index (χ0v) is 15.3. The number of sulfonamides is 1. The van der Waals surface area contributed by atoms with Crippen molar-refractivity contribution in [3.05, 3.63) is 59.2 Å². The molecular weight excluding hydrogens is 340 g/mol. The van der Waals surface area contributed by atoms with E-state index in [1.807, 2.05) is 19.1 Å². The van der Waals surface area contributed by atoms with Crippen molar-refractivity contribution in [1.29, 1.82) is 0 Å². The number of hydrogen-bond acceptors (Lipinski definition) is 4. The van der Waals surface area contributed by atoms with Gasteiger partial charge in [0.05, 0.1) is 17.2 Å². The van der Waals surface area contributed by atoms with Gasteiger partial charge >= 0.3 is 0 Å². The first-order chi connectivity index (χ1) is 11.8. The summed E-state index contributed by atoms with van der Waals surface area (Å²) in [6.07, 6.45) is 0. The first-order valence-electron chi connectivity index (χ1n) is 7.81. The molecule has 7 heteroatoms. The number of ether oxygens (including phenoxy) is 1. The third kappa shape index (κ3) is 4.80. The number of nitrogens with one attached hydrogen (secondary N) is 2. The van der Waals surface area contributed by atoms with Crippen LogP contribution >= 0.6 is 0 Å². The van der Waals surface area contributed by atoms with E-state index < -0.39 is 10.0 Å². The van der Waals surface area contributed by atoms with E-state index in [9.17, 15) is 13.2 Å². The topological polar surface area (TPSA) is 84.5 Å². The zero-order chi connectivity index (χ0) is 18.4. The fraction of sp³-hybridized carbons (Fsp3) is 0.278. The summed E-state index contributed by atoms with van der Waals surface area (Å²) in [7, 11) is -2.24. The zero-order valence-electron chi connectivity index (χ0n) is 14.5. The van der Waals surface area contributed by atoms with E-state index in [2.05, 4.69) is 10.0 Å². The summed E-state index contributed by atoms with van der Waals surface area (Å²) in [5.74, 6) is -0.331. The molecule has 2 aromatic carbocycles. The number of amides is 1. The smallest absolute Gasteiger partial charge is 0.261 e. The van der Waals surface area contributed by atoms with Crippen molar-refractivity contribution in [3.63, 3.8) is 0 Å². The van der Waals surface area contributed by atoms with Gasteiger partial charge in [-0.1, -0.05) is 24.3 Å². The summed E-state index contributed by atoms with van der Waals surface area (Å²) in [6, 6.07) is 11.6. The molecule has 0 unspecified atom stereocenters. The molecule has 0 fully saturated rings. The summed E-state index contributed by atoms with van der Waals surface area (Å²) in [5.41, 5.74) is 2.35. The van der Waals surface area contributed by atoms with Gasteiger partial charge in [-0.25, -0.2) is 8.42 Å². The molecule has 134 valence electrons. The third-order valence-electron chi connectivity index (χ3n) is 3.75. The van der Waals surface area contributed by atoms with Crippen LogP contribution in [0.25, 0.3) is 0 Å². The molecule has 6 nitrogen and oxygen atoms in total. The van der Waals surface area contributed by atoms with E-state index in [1.165, 1.54) is 12.1 Å². The monoisotopic (exact) mass is 362 g/mol. The van der Waals surface area contributed by atoms with Gasteiger partial charge < -0.3 is 10.1 Å². The molecule has 0 aliphatic rings. The maximum Gasteiger partial charge on any atom is 0.261 e. The molecule has 2 aromatic rings. The van der Waals surface area contributed by atoms with Crippen LogP contribution in [0.3, 0.4) is 0 Å². The molecule has 0 aromatic heterocycles. The minimum absolute atomic E-state index is 0.0400. The Labute approximate surface area is 148 Å². The number of methoxy groups -OCH3 is 1. The van der Waals surface area contributed by atoms with Gasteiger partial charge in [-0.15, -0.1) is 0 Å². The van der Waals surface area contributed by atoms with Crippen molar-refractivity contribution in [3.8, 4) is 0 Å². The highest BCUT2D eigenvalue weighted by molar-refractivity contribution is 7.92. The molecular formula is C18H22N2O4S. The van der Waals surface area contributed by atoms with Gasteiger partial charge in [0.1, 0.15) is 0 Å². The summed E-state index contributed by atoms with van der Waals surface area (Å²) < 4.78 is 32.7. The maximum atomic E-state index is 12.6. The highest BCUT2D eigenvalue weighted by Gasteiger charge is 2.18. The van der Waals surface area contributed by atoms with Gasteiger partial charge in [0, 0.05) is 19.2 Å². The molecule has 2 N–H and O–H groups in total. The molecule has 0 radical (unpaired) electrons. The summed E-state index contributed by atoms with van der Waals surface area (Å²) in [6.45, 7) is 4.32. The second-order valence-electron chi connectivity index (χ2n) is 5.65. The number of hydrogen-bond donors (Lipinski definition) is 2. The molecule has 0 heterocycles. The number of anilines is 1. The van der Waals surface area contributed by atoms with Crippen LogP contribution in [-0.4, -0.2) is 34.6 Å². The predicted octanol–water partition coefficient (Wildman–Crippen LogP) is 2.48. The fourth-order valence-electron chi connectivity index (χ4n) is 2.27. The molecule has 2 rings (SSSR count). The number of carbonyl (C=O) groups excluding carboxylic acids is 1. The SMILES string of the molecule is COCCNC(=O)c1cc(S(=O)(=O)Nc2ccccc2C)ccc1C. The van der Waals surface area contributed by atoms with Crippen LogP contribution < -0.4 is 10.0 Å². The van der Waals surface area contributed by atoms with Gasteiger partial charge in [-0.2, -0.15) is 0 Å². The average Bonchev–Trinajstić information content (AvgIpc) is 2.57. The van der Waals surface area contributed by atoms with Gasteiger partial charge in [-0.3, -0.25) is 9.52 Å². The highest BCUT2D eigenvalue weighted by Crippen LogP contribution is 2.21. The quantitative estimate of drug-likeness (QED) is 0.741. The Hall–Kier alpha value is -2.38. The van der Waals surface area contributed by atoms with E-state index in [4.69, 9.17) is 4.74 Å². The average molecular weight is 362 g/mol. The van der Waals surface area contributed by atoms with Crippen LogP contribution in [0.5, 0.6) is 0 Å². The summed E-state index contributed by atoms with van der Waals surface area (Å²) >= 11 is 0. The Balaban J connectivity index is 2.28. The van der Waals surface area contributed by atoms with Crippen LogP contribution in [0.2, 0.25) is 0 Å². The van der Waals surface area contributed by atoms with Gasteiger partial charge in [-0.05, 0) is 43.2 Å². The van der Waals surface area contributed by atoms with Crippen LogP contribution in [0.4, 0.5) is 5.69 Å². The Kier molecular flexibility index (Phi) is 6.17. The minimum Gasteiger partial charge on any atom is -0.383 e. The minimum atomic E-state index is -3.79. The predicted molar refractivity (Wildman–Crippen MR) is 97.4 cm³/mol. The summed E-state index contributed by atoms with van der Waals surface area (Å²) in [5, 5.41) is 2.70.